The van der Waals surface area contributed by atoms with Gasteiger partial charge in [-0.05, 0) is 24.6 Å². The highest BCUT2D eigenvalue weighted by atomic mass is 16.5. The van der Waals surface area contributed by atoms with Gasteiger partial charge in [0.15, 0.2) is 5.78 Å². The number of hydrogen-bond donors (Lipinski definition) is 0. The molecule has 0 radical (unpaired) electrons. The van der Waals surface area contributed by atoms with Crippen LogP contribution in [0.2, 0.25) is 0 Å². The lowest BCUT2D eigenvalue weighted by molar-refractivity contribution is 0.0600. The van der Waals surface area contributed by atoms with Crippen LogP contribution in [0.15, 0.2) is 48.5 Å². The Balaban J connectivity index is 2.19. The van der Waals surface area contributed by atoms with Crippen LogP contribution in [0.1, 0.15) is 44.7 Å². The molecule has 0 aliphatic rings. The lowest BCUT2D eigenvalue weighted by Crippen LogP contribution is -2.10. The molecule has 3 heteroatoms. The molecule has 0 heterocycles. The Bertz CT molecular complexity index is 639. The Hall–Kier alpha value is -2.42. The van der Waals surface area contributed by atoms with E-state index < -0.39 is 0 Å². The highest BCUT2D eigenvalue weighted by Crippen LogP contribution is 2.21. The van der Waals surface area contributed by atoms with Crippen LogP contribution in [-0.4, -0.2) is 18.9 Å². The summed E-state index contributed by atoms with van der Waals surface area (Å²) in [4.78, 5) is 23.8. The third kappa shape index (κ3) is 3.37. The first-order valence-electron chi connectivity index (χ1n) is 6.82. The molecule has 0 amide bonds. The predicted molar refractivity (Wildman–Crippen MR) is 81.7 cm³/mol. The first-order chi connectivity index (χ1) is 10.0. The maximum Gasteiger partial charge on any atom is 0.337 e. The fraction of sp³-hybridized carbons (Fsp3) is 0.222. The Labute approximate surface area is 124 Å². The molecule has 1 atom stereocenters. The van der Waals surface area contributed by atoms with E-state index in [0.717, 1.165) is 11.1 Å². The summed E-state index contributed by atoms with van der Waals surface area (Å²) in [5, 5.41) is 0. The van der Waals surface area contributed by atoms with Crippen molar-refractivity contribution in [1.82, 2.24) is 0 Å². The van der Waals surface area contributed by atoms with Crippen LogP contribution < -0.4 is 0 Å². The summed E-state index contributed by atoms with van der Waals surface area (Å²) < 4.78 is 4.66. The van der Waals surface area contributed by atoms with E-state index in [1.165, 1.54) is 7.11 Å². The number of hydrogen-bond acceptors (Lipinski definition) is 3. The van der Waals surface area contributed by atoms with Gasteiger partial charge in [-0.2, -0.15) is 0 Å². The summed E-state index contributed by atoms with van der Waals surface area (Å²) in [5.41, 5.74) is 3.19. The van der Waals surface area contributed by atoms with Crippen molar-refractivity contribution < 1.29 is 14.3 Å². The number of Topliss-reactive ketones (excluding diaryl/α,β-unsaturated/α-hetero) is 1. The molecule has 108 valence electrons. The lowest BCUT2D eigenvalue weighted by Gasteiger charge is -2.11. The molecule has 0 aliphatic carbocycles. The van der Waals surface area contributed by atoms with Gasteiger partial charge in [-0.25, -0.2) is 4.79 Å². The molecule has 0 unspecified atom stereocenters. The topological polar surface area (TPSA) is 43.4 Å². The number of benzene rings is 2. The maximum absolute atomic E-state index is 12.4. The van der Waals surface area contributed by atoms with Crippen LogP contribution in [0.4, 0.5) is 0 Å². The molecule has 0 saturated carbocycles. The van der Waals surface area contributed by atoms with Crippen LogP contribution in [-0.2, 0) is 4.74 Å². The second kappa shape index (κ2) is 6.35. The van der Waals surface area contributed by atoms with E-state index in [0.29, 0.717) is 11.1 Å². The third-order valence-corrected chi connectivity index (χ3v) is 3.56. The molecule has 2 aromatic rings. The van der Waals surface area contributed by atoms with E-state index in [1.807, 2.05) is 38.1 Å². The van der Waals surface area contributed by atoms with Gasteiger partial charge in [-0.3, -0.25) is 4.79 Å². The number of ether oxygens (including phenoxy) is 1. The van der Waals surface area contributed by atoms with Gasteiger partial charge in [0.2, 0.25) is 0 Å². The molecule has 0 aromatic heterocycles. The zero-order chi connectivity index (χ0) is 15.4. The van der Waals surface area contributed by atoms with Crippen molar-refractivity contribution in [3.8, 4) is 0 Å². The van der Waals surface area contributed by atoms with Crippen LogP contribution >= 0.6 is 0 Å². The van der Waals surface area contributed by atoms with E-state index in [2.05, 4.69) is 4.74 Å². The molecule has 0 spiro atoms. The summed E-state index contributed by atoms with van der Waals surface area (Å²) in [6, 6.07) is 14.5. The highest BCUT2D eigenvalue weighted by molar-refractivity contribution is 6.00. The van der Waals surface area contributed by atoms with Crippen LogP contribution in [0.5, 0.6) is 0 Å². The molecule has 21 heavy (non-hydrogen) atoms. The monoisotopic (exact) mass is 282 g/mol. The Morgan fingerprint density at radius 2 is 1.43 bits per heavy atom. The number of esters is 1. The van der Waals surface area contributed by atoms with Crippen molar-refractivity contribution in [1.29, 1.82) is 0 Å². The predicted octanol–water partition coefficient (Wildman–Crippen LogP) is 3.77. The first kappa shape index (κ1) is 15.0. The molecular formula is C18H18O3. The van der Waals surface area contributed by atoms with E-state index in [-0.39, 0.29) is 17.7 Å². The third-order valence-electron chi connectivity index (χ3n) is 3.56. The zero-order valence-corrected chi connectivity index (χ0v) is 12.4. The molecule has 0 saturated heterocycles. The molecule has 3 nitrogen and oxygen atoms in total. The SMILES string of the molecule is COC(=O)c1ccc([C@H](C)C(=O)c2ccc(C)cc2)cc1. The molecule has 2 aromatic carbocycles. The van der Waals surface area contributed by atoms with Gasteiger partial charge in [0.1, 0.15) is 0 Å². The van der Waals surface area contributed by atoms with Gasteiger partial charge in [0.25, 0.3) is 0 Å². The molecule has 0 N–H and O–H groups in total. The summed E-state index contributed by atoms with van der Waals surface area (Å²) in [6.07, 6.45) is 0. The summed E-state index contributed by atoms with van der Waals surface area (Å²) in [5.74, 6) is -0.556. The summed E-state index contributed by atoms with van der Waals surface area (Å²) >= 11 is 0. The minimum Gasteiger partial charge on any atom is -0.465 e. The first-order valence-corrected chi connectivity index (χ1v) is 6.82. The largest absolute Gasteiger partial charge is 0.465 e. The number of carbonyl (C=O) groups is 2. The van der Waals surface area contributed by atoms with Gasteiger partial charge in [0.05, 0.1) is 12.7 Å². The van der Waals surface area contributed by atoms with Crippen molar-refractivity contribution in [2.75, 3.05) is 7.11 Å². The zero-order valence-electron chi connectivity index (χ0n) is 12.4. The Morgan fingerprint density at radius 3 is 1.95 bits per heavy atom. The molecule has 0 fully saturated rings. The van der Waals surface area contributed by atoms with Gasteiger partial charge >= 0.3 is 5.97 Å². The number of methoxy groups -OCH3 is 1. The number of ketones is 1. The van der Waals surface area contributed by atoms with Gasteiger partial charge < -0.3 is 4.74 Å². The minimum atomic E-state index is -0.376. The van der Waals surface area contributed by atoms with Gasteiger partial charge in [-0.1, -0.05) is 48.9 Å². The highest BCUT2D eigenvalue weighted by Gasteiger charge is 2.17. The Morgan fingerprint density at radius 1 is 0.905 bits per heavy atom. The lowest BCUT2D eigenvalue weighted by atomic mass is 9.91. The number of aryl methyl sites for hydroxylation is 1. The second-order valence-electron chi connectivity index (χ2n) is 5.07. The van der Waals surface area contributed by atoms with Crippen LogP contribution in [0.25, 0.3) is 0 Å². The van der Waals surface area contributed by atoms with E-state index in [9.17, 15) is 9.59 Å². The summed E-state index contributed by atoms with van der Waals surface area (Å²) in [7, 11) is 1.35. The normalized spacial score (nSPS) is 11.8. The van der Waals surface area contributed by atoms with Crippen molar-refractivity contribution in [3.63, 3.8) is 0 Å². The van der Waals surface area contributed by atoms with Crippen molar-refractivity contribution in [2.24, 2.45) is 0 Å². The quantitative estimate of drug-likeness (QED) is 0.633. The average molecular weight is 282 g/mol. The van der Waals surface area contributed by atoms with Crippen LogP contribution in [0.3, 0.4) is 0 Å². The molecular weight excluding hydrogens is 264 g/mol. The van der Waals surface area contributed by atoms with E-state index in [4.69, 9.17) is 0 Å². The number of rotatable bonds is 4. The van der Waals surface area contributed by atoms with Gasteiger partial charge in [-0.15, -0.1) is 0 Å². The number of carbonyl (C=O) groups excluding carboxylic acids is 2. The standard InChI is InChI=1S/C18H18O3/c1-12-4-6-15(7-5-12)17(19)13(2)14-8-10-16(11-9-14)18(20)21-3/h4-11,13H,1-3H3/t13-/m0/s1. The van der Waals surface area contributed by atoms with Crippen molar-refractivity contribution in [3.05, 3.63) is 70.8 Å². The van der Waals surface area contributed by atoms with Crippen molar-refractivity contribution in [2.45, 2.75) is 19.8 Å². The fourth-order valence-corrected chi connectivity index (χ4v) is 2.14. The van der Waals surface area contributed by atoms with Crippen molar-refractivity contribution >= 4 is 11.8 Å². The van der Waals surface area contributed by atoms with E-state index in [1.54, 1.807) is 24.3 Å². The smallest absolute Gasteiger partial charge is 0.337 e. The molecule has 2 rings (SSSR count). The maximum atomic E-state index is 12.4. The summed E-state index contributed by atoms with van der Waals surface area (Å²) in [6.45, 7) is 3.86. The van der Waals surface area contributed by atoms with Gasteiger partial charge in [0, 0.05) is 11.5 Å². The molecule has 0 bridgehead atoms. The molecule has 0 aliphatic heterocycles. The fourth-order valence-electron chi connectivity index (χ4n) is 2.14. The van der Waals surface area contributed by atoms with Crippen LogP contribution in [0, 0.1) is 6.92 Å². The average Bonchev–Trinajstić information content (AvgIpc) is 2.53. The second-order valence-corrected chi connectivity index (χ2v) is 5.07. The minimum absolute atomic E-state index is 0.0702. The van der Waals surface area contributed by atoms with E-state index >= 15 is 0 Å². The Kier molecular flexibility index (Phi) is 4.53.